The zero-order valence-corrected chi connectivity index (χ0v) is 21.9. The van der Waals surface area contributed by atoms with E-state index in [1.165, 1.54) is 11.0 Å². The van der Waals surface area contributed by atoms with E-state index in [1.807, 2.05) is 23.7 Å². The maximum atomic E-state index is 14.2. The summed E-state index contributed by atoms with van der Waals surface area (Å²) >= 11 is 0. The minimum Gasteiger partial charge on any atom is -0.320 e. The highest BCUT2D eigenvalue weighted by Crippen LogP contribution is 2.43. The minimum atomic E-state index is -4.58. The average molecular weight is 538 g/mol. The summed E-state index contributed by atoms with van der Waals surface area (Å²) in [5.41, 5.74) is 1.09. The van der Waals surface area contributed by atoms with Crippen LogP contribution in [0.3, 0.4) is 0 Å². The van der Waals surface area contributed by atoms with E-state index in [2.05, 4.69) is 22.4 Å². The highest BCUT2D eigenvalue weighted by Gasteiger charge is 2.42. The number of benzene rings is 2. The normalized spacial score (nSPS) is 19.6. The summed E-state index contributed by atoms with van der Waals surface area (Å²) < 4.78 is 44.3. The first-order valence-electron chi connectivity index (χ1n) is 13.3. The molecule has 204 valence electrons. The molecule has 1 aromatic heterocycles. The van der Waals surface area contributed by atoms with E-state index in [0.29, 0.717) is 29.9 Å². The molecule has 2 saturated carbocycles. The van der Waals surface area contributed by atoms with Crippen molar-refractivity contribution in [3.05, 3.63) is 76.4 Å². The van der Waals surface area contributed by atoms with Gasteiger partial charge >= 0.3 is 6.18 Å². The number of aromatic nitrogens is 3. The number of hydrogen-bond donors (Lipinski definition) is 1. The van der Waals surface area contributed by atoms with Crippen LogP contribution in [-0.4, -0.2) is 32.0 Å². The first-order chi connectivity index (χ1) is 18.5. The molecule has 3 aromatic rings. The number of hydrogen-bond acceptors (Lipinski definition) is 5. The van der Waals surface area contributed by atoms with Crippen LogP contribution >= 0.6 is 0 Å². The number of alkyl halides is 3. The summed E-state index contributed by atoms with van der Waals surface area (Å²) in [4.78, 5) is 26.8. The van der Waals surface area contributed by atoms with Crippen LogP contribution in [0, 0.1) is 5.92 Å². The zero-order chi connectivity index (χ0) is 27.5. The Hall–Kier alpha value is -3.53. The fourth-order valence-electron chi connectivity index (χ4n) is 6.08. The van der Waals surface area contributed by atoms with E-state index in [9.17, 15) is 22.8 Å². The molecule has 6 rings (SSSR count). The lowest BCUT2D eigenvalue weighted by molar-refractivity contribution is -0.138. The van der Waals surface area contributed by atoms with Crippen LogP contribution in [0.2, 0.25) is 0 Å². The number of ketones is 1. The van der Waals surface area contributed by atoms with E-state index in [1.54, 1.807) is 24.5 Å². The fraction of sp³-hybridized carbons (Fsp3) is 0.448. The topological polar surface area (TPSA) is 80.1 Å². The van der Waals surface area contributed by atoms with Gasteiger partial charge in [-0.3, -0.25) is 9.59 Å². The average Bonchev–Trinajstić information content (AvgIpc) is 3.43. The van der Waals surface area contributed by atoms with Crippen molar-refractivity contribution >= 4 is 17.4 Å². The van der Waals surface area contributed by atoms with E-state index < -0.39 is 17.6 Å². The number of amides is 1. The van der Waals surface area contributed by atoms with Crippen molar-refractivity contribution in [2.45, 2.75) is 69.8 Å². The first kappa shape index (κ1) is 25.7. The maximum absolute atomic E-state index is 14.2. The second-order valence-electron chi connectivity index (χ2n) is 11.4. The van der Waals surface area contributed by atoms with Gasteiger partial charge in [-0.15, -0.1) is 10.2 Å². The van der Waals surface area contributed by atoms with Crippen LogP contribution in [0.5, 0.6) is 0 Å². The Balaban J connectivity index is 1.33. The zero-order valence-electron chi connectivity index (χ0n) is 21.9. The highest BCUT2D eigenvalue weighted by atomic mass is 19.4. The lowest BCUT2D eigenvalue weighted by Crippen LogP contribution is -2.47. The van der Waals surface area contributed by atoms with Gasteiger partial charge in [-0.25, -0.2) is 0 Å². The number of carbonyl (C=O) groups is 2. The van der Waals surface area contributed by atoms with Crippen molar-refractivity contribution in [2.24, 2.45) is 13.0 Å². The maximum Gasteiger partial charge on any atom is 0.416 e. The molecule has 0 radical (unpaired) electrons. The van der Waals surface area contributed by atoms with Crippen LogP contribution in [0.25, 0.3) is 0 Å². The Labute approximate surface area is 224 Å². The molecule has 0 spiro atoms. The third kappa shape index (κ3) is 4.64. The molecule has 7 nitrogen and oxygen atoms in total. The van der Waals surface area contributed by atoms with Crippen LogP contribution in [-0.2, 0) is 31.1 Å². The lowest BCUT2D eigenvalue weighted by Gasteiger charge is -2.39. The van der Waals surface area contributed by atoms with Crippen molar-refractivity contribution in [1.82, 2.24) is 20.1 Å². The number of fused-ring (bicyclic) bond motifs is 1. The number of Topliss-reactive ketones (excluding diaryl/α,β-unsaturated/α-hetero) is 1. The van der Waals surface area contributed by atoms with Gasteiger partial charge in [-0.1, -0.05) is 12.1 Å². The number of anilines is 1. The highest BCUT2D eigenvalue weighted by molar-refractivity contribution is 6.10. The predicted molar refractivity (Wildman–Crippen MR) is 138 cm³/mol. The molecule has 39 heavy (non-hydrogen) atoms. The second-order valence-corrected chi connectivity index (χ2v) is 11.4. The summed E-state index contributed by atoms with van der Waals surface area (Å²) in [5, 5.41) is 11.6. The molecule has 0 unspecified atom stereocenters. The SMILES string of the molecule is Cn1cnnc1[C@H](c1cccc(N2Cc3c(cc(CNC4(C)CCC4)cc3C(F)(F)F)C2=O)c1)C1CC(=O)C1. The number of aryl methyl sites for hydroxylation is 1. The predicted octanol–water partition coefficient (Wildman–Crippen LogP) is 5.14. The molecule has 0 saturated heterocycles. The van der Waals surface area contributed by atoms with Gasteiger partial charge in [0.15, 0.2) is 0 Å². The van der Waals surface area contributed by atoms with E-state index >= 15 is 0 Å². The molecule has 2 aromatic carbocycles. The summed E-state index contributed by atoms with van der Waals surface area (Å²) in [6.07, 6.45) is 0.953. The van der Waals surface area contributed by atoms with E-state index in [-0.39, 0.29) is 47.4 Å². The van der Waals surface area contributed by atoms with Crippen LogP contribution in [0.15, 0.2) is 42.7 Å². The van der Waals surface area contributed by atoms with Crippen molar-refractivity contribution in [3.63, 3.8) is 0 Å². The number of nitrogens with zero attached hydrogens (tertiary/aromatic N) is 4. The Morgan fingerprint density at radius 1 is 1.15 bits per heavy atom. The van der Waals surface area contributed by atoms with Crippen molar-refractivity contribution in [3.8, 4) is 0 Å². The summed E-state index contributed by atoms with van der Waals surface area (Å²) in [6, 6.07) is 10.1. The van der Waals surface area contributed by atoms with Gasteiger partial charge in [0, 0.05) is 49.1 Å². The number of carbonyl (C=O) groups excluding carboxylic acids is 2. The Bertz CT molecular complexity index is 1450. The van der Waals surface area contributed by atoms with Gasteiger partial charge in [0.2, 0.25) is 0 Å². The fourth-order valence-corrected chi connectivity index (χ4v) is 6.08. The van der Waals surface area contributed by atoms with E-state index in [4.69, 9.17) is 0 Å². The molecule has 3 aliphatic rings. The van der Waals surface area contributed by atoms with Crippen molar-refractivity contribution in [1.29, 1.82) is 0 Å². The van der Waals surface area contributed by atoms with Gasteiger partial charge in [-0.2, -0.15) is 13.2 Å². The molecular formula is C29H30F3N5O2. The summed E-state index contributed by atoms with van der Waals surface area (Å²) in [6.45, 7) is 2.19. The van der Waals surface area contributed by atoms with Gasteiger partial charge in [-0.05, 0) is 73.1 Å². The van der Waals surface area contributed by atoms with Crippen molar-refractivity contribution < 1.29 is 22.8 Å². The first-order valence-corrected chi connectivity index (χ1v) is 13.3. The van der Waals surface area contributed by atoms with Crippen LogP contribution in [0.4, 0.5) is 18.9 Å². The van der Waals surface area contributed by atoms with Crippen LogP contribution in [0.1, 0.15) is 83.4 Å². The molecule has 10 heteroatoms. The summed E-state index contributed by atoms with van der Waals surface area (Å²) in [7, 11) is 1.84. The molecule has 2 aliphatic carbocycles. The van der Waals surface area contributed by atoms with Gasteiger partial charge < -0.3 is 14.8 Å². The lowest BCUT2D eigenvalue weighted by atomic mass is 9.71. The number of nitrogens with one attached hydrogen (secondary N) is 1. The van der Waals surface area contributed by atoms with Crippen LogP contribution < -0.4 is 10.2 Å². The van der Waals surface area contributed by atoms with Gasteiger partial charge in [0.25, 0.3) is 5.91 Å². The Morgan fingerprint density at radius 3 is 2.54 bits per heavy atom. The second kappa shape index (κ2) is 9.29. The molecule has 1 N–H and O–H groups in total. The molecule has 0 bridgehead atoms. The number of halogens is 3. The smallest absolute Gasteiger partial charge is 0.320 e. The molecule has 1 amide bonds. The van der Waals surface area contributed by atoms with Gasteiger partial charge in [0.05, 0.1) is 12.1 Å². The third-order valence-electron chi connectivity index (χ3n) is 8.60. The largest absolute Gasteiger partial charge is 0.416 e. The number of rotatable bonds is 7. The van der Waals surface area contributed by atoms with Crippen molar-refractivity contribution in [2.75, 3.05) is 4.90 Å². The molecular weight excluding hydrogens is 507 g/mol. The molecule has 1 aliphatic heterocycles. The molecule has 2 fully saturated rings. The van der Waals surface area contributed by atoms with Gasteiger partial charge in [0.1, 0.15) is 17.9 Å². The van der Waals surface area contributed by atoms with E-state index in [0.717, 1.165) is 24.8 Å². The quantitative estimate of drug-likeness (QED) is 0.452. The Morgan fingerprint density at radius 2 is 1.92 bits per heavy atom. The molecule has 2 heterocycles. The monoisotopic (exact) mass is 537 g/mol. The summed E-state index contributed by atoms with van der Waals surface area (Å²) in [5.74, 6) is 0.276. The minimum absolute atomic E-state index is 0.00551. The third-order valence-corrected chi connectivity index (χ3v) is 8.60. The Kier molecular flexibility index (Phi) is 6.13. The standard InChI is InChI=1S/C29H30F3N5O2/c1-28(7-4-8-28)33-14-17-9-22-23(24(10-17)29(30,31)32)15-37(27(22)39)20-6-3-5-18(11-20)25(19-12-21(38)13-19)26-35-34-16-36(26)2/h3,5-6,9-11,16,19,25,33H,4,7-8,12-15H2,1-2H3/t25-/m1/s1. The molecule has 1 atom stereocenters.